The summed E-state index contributed by atoms with van der Waals surface area (Å²) >= 11 is 1.09. The van der Waals surface area contributed by atoms with Gasteiger partial charge in [-0.15, -0.1) is 0 Å². The van der Waals surface area contributed by atoms with Crippen LogP contribution in [-0.4, -0.2) is 34.3 Å². The molecule has 0 spiro atoms. The van der Waals surface area contributed by atoms with Crippen LogP contribution in [0.2, 0.25) is 0 Å². The number of thioether (sulfide) groups is 1. The highest BCUT2D eigenvalue weighted by atomic mass is 32.2. The molecule has 0 aromatic heterocycles. The maximum Gasteiger partial charge on any atom is 0.320 e. The third kappa shape index (κ3) is 7.10. The molecular formula is C9H15NO4S. The van der Waals surface area contributed by atoms with Crippen molar-refractivity contribution < 1.29 is 19.5 Å². The summed E-state index contributed by atoms with van der Waals surface area (Å²) in [6, 6.07) is -0.995. The third-order valence-corrected chi connectivity index (χ3v) is 2.55. The summed E-state index contributed by atoms with van der Waals surface area (Å²) in [5, 5.41) is 8.42. The van der Waals surface area contributed by atoms with E-state index in [9.17, 15) is 14.4 Å². The van der Waals surface area contributed by atoms with Gasteiger partial charge in [0.1, 0.15) is 11.8 Å². The lowest BCUT2D eigenvalue weighted by molar-refractivity contribution is -0.138. The fourth-order valence-corrected chi connectivity index (χ4v) is 1.21. The summed E-state index contributed by atoms with van der Waals surface area (Å²) in [5.74, 6) is -1.22. The van der Waals surface area contributed by atoms with E-state index in [4.69, 9.17) is 10.8 Å². The zero-order valence-electron chi connectivity index (χ0n) is 8.56. The van der Waals surface area contributed by atoms with E-state index in [2.05, 4.69) is 0 Å². The number of hydrogen-bond donors (Lipinski definition) is 2. The molecule has 0 saturated carbocycles. The molecule has 0 saturated heterocycles. The van der Waals surface area contributed by atoms with Crippen LogP contribution in [0.5, 0.6) is 0 Å². The lowest BCUT2D eigenvalue weighted by Crippen LogP contribution is -2.30. The lowest BCUT2D eigenvalue weighted by atomic mass is 10.1. The quantitative estimate of drug-likeness (QED) is 0.661. The van der Waals surface area contributed by atoms with Gasteiger partial charge in [0.05, 0.1) is 0 Å². The molecule has 0 aromatic carbocycles. The first kappa shape index (κ1) is 14.1. The van der Waals surface area contributed by atoms with Crippen LogP contribution in [0.15, 0.2) is 0 Å². The van der Waals surface area contributed by atoms with E-state index < -0.39 is 12.0 Å². The molecule has 0 fully saturated rings. The molecule has 0 aliphatic rings. The van der Waals surface area contributed by atoms with Gasteiger partial charge >= 0.3 is 5.97 Å². The Morgan fingerprint density at radius 1 is 1.27 bits per heavy atom. The Labute approximate surface area is 92.4 Å². The third-order valence-electron chi connectivity index (χ3n) is 1.89. The van der Waals surface area contributed by atoms with Crippen molar-refractivity contribution in [1.82, 2.24) is 0 Å². The SMILES string of the molecule is CSC(=O)CCC(=O)CC[C@H](N)C(=O)O. The fourth-order valence-electron chi connectivity index (χ4n) is 0.909. The van der Waals surface area contributed by atoms with Crippen LogP contribution in [-0.2, 0) is 14.4 Å². The number of carbonyl (C=O) groups excluding carboxylic acids is 2. The molecule has 3 N–H and O–H groups in total. The predicted octanol–water partition coefficient (Wildman–Crippen LogP) is 0.417. The van der Waals surface area contributed by atoms with Crippen LogP contribution in [0, 0.1) is 0 Å². The summed E-state index contributed by atoms with van der Waals surface area (Å²) in [6.45, 7) is 0. The van der Waals surface area contributed by atoms with Crippen LogP contribution in [0.25, 0.3) is 0 Å². The molecule has 15 heavy (non-hydrogen) atoms. The van der Waals surface area contributed by atoms with E-state index in [-0.39, 0.29) is 36.6 Å². The number of aliphatic carboxylic acids is 1. The second-order valence-electron chi connectivity index (χ2n) is 3.10. The normalized spacial score (nSPS) is 12.1. The van der Waals surface area contributed by atoms with Crippen LogP contribution >= 0.6 is 11.8 Å². The largest absolute Gasteiger partial charge is 0.480 e. The Morgan fingerprint density at radius 2 is 1.87 bits per heavy atom. The van der Waals surface area contributed by atoms with Gasteiger partial charge in [-0.05, 0) is 12.7 Å². The zero-order chi connectivity index (χ0) is 11.8. The molecule has 0 aliphatic heterocycles. The topological polar surface area (TPSA) is 97.5 Å². The van der Waals surface area contributed by atoms with E-state index in [1.165, 1.54) is 0 Å². The number of carboxylic acids is 1. The fraction of sp³-hybridized carbons (Fsp3) is 0.667. The first-order valence-electron chi connectivity index (χ1n) is 4.54. The van der Waals surface area contributed by atoms with Crippen LogP contribution in [0.4, 0.5) is 0 Å². The number of rotatable bonds is 7. The maximum atomic E-state index is 11.2. The first-order valence-corrected chi connectivity index (χ1v) is 5.76. The molecule has 0 aromatic rings. The van der Waals surface area contributed by atoms with Crippen LogP contribution in [0.3, 0.4) is 0 Å². The van der Waals surface area contributed by atoms with Gasteiger partial charge in [-0.1, -0.05) is 11.8 Å². The number of nitrogens with two attached hydrogens (primary N) is 1. The Hall–Kier alpha value is -0.880. The van der Waals surface area contributed by atoms with Gasteiger partial charge in [0, 0.05) is 19.3 Å². The van der Waals surface area contributed by atoms with Crippen molar-refractivity contribution in [2.24, 2.45) is 5.73 Å². The molecule has 0 bridgehead atoms. The Kier molecular flexibility index (Phi) is 6.98. The number of carbonyl (C=O) groups is 3. The van der Waals surface area contributed by atoms with Gasteiger partial charge in [-0.2, -0.15) is 0 Å². The molecule has 0 amide bonds. The lowest BCUT2D eigenvalue weighted by Gasteiger charge is -2.04. The van der Waals surface area contributed by atoms with E-state index >= 15 is 0 Å². The molecule has 1 atom stereocenters. The average Bonchev–Trinajstić information content (AvgIpc) is 2.21. The molecule has 0 unspecified atom stereocenters. The van der Waals surface area contributed by atoms with E-state index in [1.54, 1.807) is 6.26 Å². The molecule has 0 aliphatic carbocycles. The smallest absolute Gasteiger partial charge is 0.320 e. The summed E-state index contributed by atoms with van der Waals surface area (Å²) in [4.78, 5) is 32.4. The van der Waals surface area contributed by atoms with Crippen molar-refractivity contribution >= 4 is 28.6 Å². The minimum Gasteiger partial charge on any atom is -0.480 e. The number of hydrogen-bond acceptors (Lipinski definition) is 5. The standard InChI is InChI=1S/C9H15NO4S/c1-15-8(12)5-3-6(11)2-4-7(10)9(13)14/h7H,2-5,10H2,1H3,(H,13,14)/t7-/m0/s1. The molecular weight excluding hydrogens is 218 g/mol. The predicted molar refractivity (Wildman–Crippen MR) is 57.6 cm³/mol. The minimum absolute atomic E-state index is 0.0362. The van der Waals surface area contributed by atoms with E-state index in [0.717, 1.165) is 11.8 Å². The Bertz CT molecular complexity index is 254. The van der Waals surface area contributed by atoms with Crippen molar-refractivity contribution in [2.45, 2.75) is 31.7 Å². The van der Waals surface area contributed by atoms with Crippen molar-refractivity contribution in [1.29, 1.82) is 0 Å². The second-order valence-corrected chi connectivity index (χ2v) is 3.96. The first-order chi connectivity index (χ1) is 6.97. The molecule has 0 heterocycles. The van der Waals surface area contributed by atoms with Gasteiger partial charge in [-0.25, -0.2) is 0 Å². The summed E-state index contributed by atoms with van der Waals surface area (Å²) < 4.78 is 0. The van der Waals surface area contributed by atoms with Crippen molar-refractivity contribution in [2.75, 3.05) is 6.26 Å². The summed E-state index contributed by atoms with van der Waals surface area (Å²) in [5.41, 5.74) is 5.22. The van der Waals surface area contributed by atoms with Crippen molar-refractivity contribution in [3.63, 3.8) is 0 Å². The number of ketones is 1. The van der Waals surface area contributed by atoms with Gasteiger partial charge in [-0.3, -0.25) is 14.4 Å². The van der Waals surface area contributed by atoms with Crippen molar-refractivity contribution in [3.05, 3.63) is 0 Å². The molecule has 86 valence electrons. The molecule has 6 heteroatoms. The Morgan fingerprint density at radius 3 is 2.33 bits per heavy atom. The average molecular weight is 233 g/mol. The van der Waals surface area contributed by atoms with Gasteiger partial charge in [0.25, 0.3) is 0 Å². The zero-order valence-corrected chi connectivity index (χ0v) is 9.38. The molecule has 0 rings (SSSR count). The van der Waals surface area contributed by atoms with E-state index in [1.807, 2.05) is 0 Å². The summed E-state index contributed by atoms with van der Waals surface area (Å²) in [6.07, 6.45) is 2.29. The monoisotopic (exact) mass is 233 g/mol. The maximum absolute atomic E-state index is 11.2. The Balaban J connectivity index is 3.66. The van der Waals surface area contributed by atoms with E-state index in [0.29, 0.717) is 0 Å². The second kappa shape index (κ2) is 7.42. The summed E-state index contributed by atoms with van der Waals surface area (Å²) in [7, 11) is 0. The van der Waals surface area contributed by atoms with Crippen LogP contribution in [0.1, 0.15) is 25.7 Å². The number of Topliss-reactive ketones (excluding diaryl/α,β-unsaturated/α-hetero) is 1. The van der Waals surface area contributed by atoms with Crippen LogP contribution < -0.4 is 5.73 Å². The van der Waals surface area contributed by atoms with Gasteiger partial charge < -0.3 is 10.8 Å². The highest BCUT2D eigenvalue weighted by Crippen LogP contribution is 2.06. The van der Waals surface area contributed by atoms with Crippen molar-refractivity contribution in [3.8, 4) is 0 Å². The molecule has 0 radical (unpaired) electrons. The highest BCUT2D eigenvalue weighted by molar-refractivity contribution is 8.13. The molecule has 5 nitrogen and oxygen atoms in total. The van der Waals surface area contributed by atoms with Gasteiger partial charge in [0.15, 0.2) is 5.12 Å². The highest BCUT2D eigenvalue weighted by Gasteiger charge is 2.13. The minimum atomic E-state index is -1.11. The number of carboxylic acid groups (broad SMARTS) is 1. The van der Waals surface area contributed by atoms with Gasteiger partial charge in [0.2, 0.25) is 0 Å².